The molecule has 0 radical (unpaired) electrons. The number of anilines is 1. The maximum absolute atomic E-state index is 4.70. The zero-order valence-electron chi connectivity index (χ0n) is 11.8. The summed E-state index contributed by atoms with van der Waals surface area (Å²) < 4.78 is 0. The summed E-state index contributed by atoms with van der Waals surface area (Å²) in [6.45, 7) is 2.16. The van der Waals surface area contributed by atoms with E-state index in [1.54, 1.807) is 23.7 Å². The van der Waals surface area contributed by atoms with Crippen molar-refractivity contribution in [2.24, 2.45) is 0 Å². The molecule has 0 aromatic carbocycles. The number of pyridine rings is 1. The Labute approximate surface area is 122 Å². The second-order valence-corrected chi connectivity index (χ2v) is 5.91. The molecule has 0 aliphatic carbocycles. The highest BCUT2D eigenvalue weighted by Crippen LogP contribution is 2.32. The molecule has 0 saturated heterocycles. The number of hydrogen-bond donors (Lipinski definition) is 0. The Morgan fingerprint density at radius 3 is 2.75 bits per heavy atom. The second-order valence-electron chi connectivity index (χ2n) is 4.79. The molecule has 4 nitrogen and oxygen atoms in total. The fourth-order valence-electron chi connectivity index (χ4n) is 2.10. The van der Waals surface area contributed by atoms with Crippen LogP contribution in [0.3, 0.4) is 0 Å². The molecule has 5 heteroatoms. The van der Waals surface area contributed by atoms with E-state index in [2.05, 4.69) is 18.0 Å². The Kier molecular flexibility index (Phi) is 3.36. The van der Waals surface area contributed by atoms with Crippen LogP contribution in [0.15, 0.2) is 30.6 Å². The van der Waals surface area contributed by atoms with E-state index in [1.165, 1.54) is 4.88 Å². The second kappa shape index (κ2) is 5.17. The molecule has 0 spiro atoms. The Balaban J connectivity index is 2.25. The van der Waals surface area contributed by atoms with Crippen molar-refractivity contribution in [3.05, 3.63) is 35.5 Å². The zero-order valence-corrected chi connectivity index (χ0v) is 12.6. The average molecular weight is 284 g/mol. The molecule has 3 aromatic rings. The number of thiophene rings is 1. The summed E-state index contributed by atoms with van der Waals surface area (Å²) >= 11 is 1.74. The molecule has 0 amide bonds. The van der Waals surface area contributed by atoms with E-state index in [1.807, 2.05) is 31.1 Å². The minimum Gasteiger partial charge on any atom is -0.362 e. The van der Waals surface area contributed by atoms with Gasteiger partial charge in [0, 0.05) is 36.9 Å². The monoisotopic (exact) mass is 284 g/mol. The first-order chi connectivity index (χ1) is 9.69. The Bertz CT molecular complexity index is 734. The molecule has 0 aliphatic rings. The molecule has 0 unspecified atom stereocenters. The molecule has 0 atom stereocenters. The Morgan fingerprint density at radius 1 is 1.25 bits per heavy atom. The first-order valence-electron chi connectivity index (χ1n) is 6.57. The first-order valence-corrected chi connectivity index (χ1v) is 7.39. The van der Waals surface area contributed by atoms with Crippen molar-refractivity contribution in [3.63, 3.8) is 0 Å². The van der Waals surface area contributed by atoms with Gasteiger partial charge in [-0.3, -0.25) is 4.98 Å². The summed E-state index contributed by atoms with van der Waals surface area (Å²) in [6, 6.07) is 6.09. The van der Waals surface area contributed by atoms with E-state index >= 15 is 0 Å². The van der Waals surface area contributed by atoms with Crippen LogP contribution in [-0.2, 0) is 6.42 Å². The van der Waals surface area contributed by atoms with Crippen LogP contribution in [0.1, 0.15) is 11.8 Å². The quantitative estimate of drug-likeness (QED) is 0.739. The molecule has 102 valence electrons. The van der Waals surface area contributed by atoms with Gasteiger partial charge in [-0.05, 0) is 24.6 Å². The molecule has 0 fully saturated rings. The van der Waals surface area contributed by atoms with E-state index < -0.39 is 0 Å². The van der Waals surface area contributed by atoms with Crippen LogP contribution >= 0.6 is 11.3 Å². The number of hydrogen-bond acceptors (Lipinski definition) is 5. The largest absolute Gasteiger partial charge is 0.362 e. The van der Waals surface area contributed by atoms with Gasteiger partial charge >= 0.3 is 0 Å². The minimum absolute atomic E-state index is 0.735. The maximum Gasteiger partial charge on any atom is 0.164 e. The molecule has 0 bridgehead atoms. The van der Waals surface area contributed by atoms with Gasteiger partial charge in [0.2, 0.25) is 0 Å². The molecule has 20 heavy (non-hydrogen) atoms. The van der Waals surface area contributed by atoms with E-state index in [0.29, 0.717) is 0 Å². The molecule has 0 saturated carbocycles. The third kappa shape index (κ3) is 2.25. The summed E-state index contributed by atoms with van der Waals surface area (Å²) in [4.78, 5) is 18.0. The molecule has 3 heterocycles. The molecular formula is C15H16N4S. The molecule has 3 rings (SSSR count). The van der Waals surface area contributed by atoms with E-state index in [4.69, 9.17) is 9.97 Å². The smallest absolute Gasteiger partial charge is 0.164 e. The van der Waals surface area contributed by atoms with Crippen LogP contribution < -0.4 is 4.90 Å². The van der Waals surface area contributed by atoms with Gasteiger partial charge in [-0.2, -0.15) is 0 Å². The third-order valence-electron chi connectivity index (χ3n) is 3.12. The van der Waals surface area contributed by atoms with Crippen molar-refractivity contribution in [2.75, 3.05) is 19.0 Å². The van der Waals surface area contributed by atoms with Crippen LogP contribution in [0, 0.1) is 0 Å². The lowest BCUT2D eigenvalue weighted by molar-refractivity contribution is 1.07. The van der Waals surface area contributed by atoms with Crippen molar-refractivity contribution >= 4 is 27.4 Å². The van der Waals surface area contributed by atoms with Gasteiger partial charge in [0.1, 0.15) is 10.6 Å². The molecule has 3 aromatic heterocycles. The predicted molar refractivity (Wildman–Crippen MR) is 84.4 cm³/mol. The fourth-order valence-corrected chi connectivity index (χ4v) is 3.06. The normalized spacial score (nSPS) is 10.9. The Morgan fingerprint density at radius 2 is 2.10 bits per heavy atom. The Hall–Kier alpha value is -2.01. The summed E-state index contributed by atoms with van der Waals surface area (Å²) in [6.07, 6.45) is 4.58. The highest BCUT2D eigenvalue weighted by atomic mass is 32.1. The standard InChI is InChI=1S/C15H16N4S/c1-4-11-8-12-14(19(2)3)17-13(18-15(12)20-11)10-6-5-7-16-9-10/h5-9H,4H2,1-3H3. The average Bonchev–Trinajstić information content (AvgIpc) is 2.89. The van der Waals surface area contributed by atoms with Gasteiger partial charge in [0.25, 0.3) is 0 Å². The SMILES string of the molecule is CCc1cc2c(N(C)C)nc(-c3cccnc3)nc2s1. The van der Waals surface area contributed by atoms with Gasteiger partial charge in [0.05, 0.1) is 5.39 Å². The van der Waals surface area contributed by atoms with Gasteiger partial charge < -0.3 is 4.90 Å². The van der Waals surface area contributed by atoms with Gasteiger partial charge in [-0.15, -0.1) is 11.3 Å². The minimum atomic E-state index is 0.735. The van der Waals surface area contributed by atoms with Crippen molar-refractivity contribution in [2.45, 2.75) is 13.3 Å². The first kappa shape index (κ1) is 13.0. The van der Waals surface area contributed by atoms with Crippen LogP contribution in [0.4, 0.5) is 5.82 Å². The van der Waals surface area contributed by atoms with Gasteiger partial charge in [-0.25, -0.2) is 9.97 Å². The summed E-state index contributed by atoms with van der Waals surface area (Å²) in [5.41, 5.74) is 0.948. The third-order valence-corrected chi connectivity index (χ3v) is 4.29. The maximum atomic E-state index is 4.70. The lowest BCUT2D eigenvalue weighted by Crippen LogP contribution is -2.11. The van der Waals surface area contributed by atoms with Crippen LogP contribution in [0.5, 0.6) is 0 Å². The molecular weight excluding hydrogens is 268 g/mol. The number of aromatic nitrogens is 3. The summed E-state index contributed by atoms with van der Waals surface area (Å²) in [5, 5.41) is 1.13. The number of rotatable bonds is 3. The lowest BCUT2D eigenvalue weighted by Gasteiger charge is -2.13. The van der Waals surface area contributed by atoms with Crippen molar-refractivity contribution in [1.29, 1.82) is 0 Å². The predicted octanol–water partition coefficient (Wildman–Crippen LogP) is 3.38. The zero-order chi connectivity index (χ0) is 14.1. The van der Waals surface area contributed by atoms with Crippen molar-refractivity contribution in [1.82, 2.24) is 15.0 Å². The van der Waals surface area contributed by atoms with E-state index in [0.717, 1.165) is 33.8 Å². The molecule has 0 aliphatic heterocycles. The van der Waals surface area contributed by atoms with Crippen LogP contribution in [0.2, 0.25) is 0 Å². The summed E-state index contributed by atoms with van der Waals surface area (Å²) in [7, 11) is 4.02. The van der Waals surface area contributed by atoms with Gasteiger partial charge in [-0.1, -0.05) is 6.92 Å². The topological polar surface area (TPSA) is 41.9 Å². The number of nitrogens with zero attached hydrogens (tertiary/aromatic N) is 4. The van der Waals surface area contributed by atoms with Crippen molar-refractivity contribution in [3.8, 4) is 11.4 Å². The van der Waals surface area contributed by atoms with Crippen LogP contribution in [-0.4, -0.2) is 29.0 Å². The number of fused-ring (bicyclic) bond motifs is 1. The highest BCUT2D eigenvalue weighted by Gasteiger charge is 2.13. The number of aryl methyl sites for hydroxylation is 1. The highest BCUT2D eigenvalue weighted by molar-refractivity contribution is 7.18. The lowest BCUT2D eigenvalue weighted by atomic mass is 10.2. The van der Waals surface area contributed by atoms with E-state index in [-0.39, 0.29) is 0 Å². The summed E-state index contributed by atoms with van der Waals surface area (Å²) in [5.74, 6) is 1.70. The van der Waals surface area contributed by atoms with E-state index in [9.17, 15) is 0 Å². The van der Waals surface area contributed by atoms with Crippen LogP contribution in [0.25, 0.3) is 21.6 Å². The van der Waals surface area contributed by atoms with Crippen molar-refractivity contribution < 1.29 is 0 Å². The fraction of sp³-hybridized carbons (Fsp3) is 0.267. The molecule has 0 N–H and O–H groups in total. The van der Waals surface area contributed by atoms with Gasteiger partial charge in [0.15, 0.2) is 5.82 Å².